The van der Waals surface area contributed by atoms with E-state index in [-0.39, 0.29) is 41.3 Å². The maximum atomic E-state index is 12.4. The summed E-state index contributed by atoms with van der Waals surface area (Å²) in [4.78, 5) is 14.9. The van der Waals surface area contributed by atoms with Crippen LogP contribution in [0.2, 0.25) is 0 Å². The molecule has 1 spiro atoms. The molecule has 8 nitrogen and oxygen atoms in total. The smallest absolute Gasteiger partial charge is 0.320 e. The number of likely N-dealkylation sites (N-methyl/N-ethyl adjacent to an activating group) is 1. The molecule has 0 aromatic heterocycles. The van der Waals surface area contributed by atoms with Crippen molar-refractivity contribution in [2.24, 2.45) is 23.2 Å². The molecule has 0 radical (unpaired) electrons. The molecule has 4 saturated carbocycles. The standard InChI is InChI=1S/C27H44N2O6/c1-29-12-11-26-22-16-5-8-20(31)23(22)35-24(26)18(9-10-27(26,34-2)21(29)14-16)28-19(25(32)33)13-15-3-6-17(30)7-4-15/h15-24,28,30-31H,3-14H2,1-2H3,(H,32,33)/t15?,16?,17?,18-,19-,20?,21?,22?,23?,24-,26-,27+/m0/s1. The number of hydrogen-bond donors (Lipinski definition) is 4. The average molecular weight is 493 g/mol. The van der Waals surface area contributed by atoms with E-state index in [9.17, 15) is 20.1 Å². The molecule has 0 aromatic carbocycles. The van der Waals surface area contributed by atoms with Gasteiger partial charge in [0.25, 0.3) is 0 Å². The first-order valence-corrected chi connectivity index (χ1v) is 14.1. The van der Waals surface area contributed by atoms with Crippen molar-refractivity contribution in [2.75, 3.05) is 20.7 Å². The number of likely N-dealkylation sites (tertiary alicyclic amines) is 1. The van der Waals surface area contributed by atoms with Crippen molar-refractivity contribution in [2.45, 2.75) is 119 Å². The van der Waals surface area contributed by atoms with Gasteiger partial charge in [0.15, 0.2) is 0 Å². The van der Waals surface area contributed by atoms with Crippen LogP contribution in [0.25, 0.3) is 0 Å². The van der Waals surface area contributed by atoms with Gasteiger partial charge in [-0.1, -0.05) is 0 Å². The SMILES string of the molecule is CO[C@]12CC[C@H](N[C@@H](CC3CCC(O)CC3)C(=O)O)[C@@H]3OC4C(O)CCC5CC1N(C)CC[C@]32C54. The second-order valence-corrected chi connectivity index (χ2v) is 12.7. The minimum absolute atomic E-state index is 0.0610. The lowest BCUT2D eigenvalue weighted by atomic mass is 9.42. The van der Waals surface area contributed by atoms with E-state index in [1.807, 2.05) is 7.11 Å². The van der Waals surface area contributed by atoms with Crippen LogP contribution in [0.5, 0.6) is 0 Å². The van der Waals surface area contributed by atoms with Crippen molar-refractivity contribution in [1.29, 1.82) is 0 Å². The van der Waals surface area contributed by atoms with Gasteiger partial charge in [0, 0.05) is 30.5 Å². The van der Waals surface area contributed by atoms with Gasteiger partial charge in [-0.2, -0.15) is 0 Å². The van der Waals surface area contributed by atoms with Crippen molar-refractivity contribution in [3.63, 3.8) is 0 Å². The molecule has 4 N–H and O–H groups in total. The van der Waals surface area contributed by atoms with E-state index < -0.39 is 18.1 Å². The van der Waals surface area contributed by atoms with E-state index in [0.717, 1.165) is 70.8 Å². The Morgan fingerprint density at radius 1 is 1.14 bits per heavy atom. The zero-order chi connectivity index (χ0) is 24.5. The molecule has 6 aliphatic rings. The molecule has 35 heavy (non-hydrogen) atoms. The van der Waals surface area contributed by atoms with E-state index in [0.29, 0.717) is 24.3 Å². The van der Waals surface area contributed by atoms with Crippen LogP contribution in [-0.2, 0) is 14.3 Å². The number of ether oxygens (including phenoxy) is 2. The topological polar surface area (TPSA) is 111 Å². The molecule has 6 fully saturated rings. The number of nitrogens with one attached hydrogen (secondary N) is 1. The number of nitrogens with zero attached hydrogens (tertiary/aromatic N) is 1. The molecule has 0 amide bonds. The second kappa shape index (κ2) is 8.91. The van der Waals surface area contributed by atoms with Gasteiger partial charge in [0.1, 0.15) is 6.04 Å². The Morgan fingerprint density at radius 3 is 2.63 bits per heavy atom. The zero-order valence-corrected chi connectivity index (χ0v) is 21.3. The zero-order valence-electron chi connectivity index (χ0n) is 21.3. The van der Waals surface area contributed by atoms with Crippen LogP contribution >= 0.6 is 0 Å². The summed E-state index contributed by atoms with van der Waals surface area (Å²) in [6.07, 6.45) is 8.50. The lowest BCUT2D eigenvalue weighted by Crippen LogP contribution is -2.78. The predicted octanol–water partition coefficient (Wildman–Crippen LogP) is 1.77. The summed E-state index contributed by atoms with van der Waals surface area (Å²) < 4.78 is 13.4. The van der Waals surface area contributed by atoms with E-state index in [4.69, 9.17) is 9.47 Å². The number of aliphatic carboxylic acids is 1. The summed E-state index contributed by atoms with van der Waals surface area (Å²) in [7, 11) is 4.09. The van der Waals surface area contributed by atoms with Gasteiger partial charge in [-0.3, -0.25) is 10.1 Å². The van der Waals surface area contributed by atoms with Crippen LogP contribution in [0.1, 0.15) is 70.6 Å². The Labute approximate surface area is 208 Å². The number of rotatable bonds is 6. The molecule has 2 saturated heterocycles. The van der Waals surface area contributed by atoms with E-state index in [1.54, 1.807) is 0 Å². The highest BCUT2D eigenvalue weighted by atomic mass is 16.5. The third-order valence-electron chi connectivity index (χ3n) is 11.4. The summed E-state index contributed by atoms with van der Waals surface area (Å²) in [5.41, 5.74) is -0.504. The molecule has 198 valence electrons. The monoisotopic (exact) mass is 492 g/mol. The molecule has 8 heteroatoms. The summed E-state index contributed by atoms with van der Waals surface area (Å²) in [5.74, 6) is 0.323. The van der Waals surface area contributed by atoms with E-state index >= 15 is 0 Å². The molecule has 10 atom stereocenters. The Kier molecular flexibility index (Phi) is 6.25. The third-order valence-corrected chi connectivity index (χ3v) is 11.4. The van der Waals surface area contributed by atoms with Crippen molar-refractivity contribution in [3.8, 4) is 0 Å². The summed E-state index contributed by atoms with van der Waals surface area (Å²) >= 11 is 0. The van der Waals surface area contributed by atoms with Crippen LogP contribution in [0.3, 0.4) is 0 Å². The Bertz CT molecular complexity index is 819. The van der Waals surface area contributed by atoms with Crippen LogP contribution in [0, 0.1) is 23.2 Å². The van der Waals surface area contributed by atoms with Crippen LogP contribution in [0.4, 0.5) is 0 Å². The van der Waals surface area contributed by atoms with Gasteiger partial charge in [-0.05, 0) is 96.1 Å². The minimum atomic E-state index is -0.796. The van der Waals surface area contributed by atoms with Crippen LogP contribution in [-0.4, -0.2) is 95.0 Å². The van der Waals surface area contributed by atoms with Gasteiger partial charge in [0.05, 0.1) is 30.0 Å². The third kappa shape index (κ3) is 3.50. The molecule has 2 heterocycles. The number of aliphatic hydroxyl groups excluding tert-OH is 2. The minimum Gasteiger partial charge on any atom is -0.480 e. The normalized spacial score (nSPS) is 52.1. The predicted molar refractivity (Wildman–Crippen MR) is 129 cm³/mol. The molecule has 5 unspecified atom stereocenters. The first-order valence-electron chi connectivity index (χ1n) is 14.1. The summed E-state index contributed by atoms with van der Waals surface area (Å²) in [6, 6.07) is -0.342. The van der Waals surface area contributed by atoms with Gasteiger partial charge >= 0.3 is 5.97 Å². The van der Waals surface area contributed by atoms with Gasteiger partial charge in [-0.15, -0.1) is 0 Å². The number of methoxy groups -OCH3 is 1. The highest BCUT2D eigenvalue weighted by molar-refractivity contribution is 5.73. The fourth-order valence-electron chi connectivity index (χ4n) is 9.94. The fourth-order valence-corrected chi connectivity index (χ4v) is 9.94. The largest absolute Gasteiger partial charge is 0.480 e. The van der Waals surface area contributed by atoms with Crippen LogP contribution < -0.4 is 5.32 Å². The number of carbonyl (C=O) groups is 1. The molecular formula is C27H44N2O6. The lowest BCUT2D eigenvalue weighted by molar-refractivity contribution is -0.269. The number of carboxylic acids is 1. The van der Waals surface area contributed by atoms with E-state index in [2.05, 4.69) is 17.3 Å². The Morgan fingerprint density at radius 2 is 1.91 bits per heavy atom. The van der Waals surface area contributed by atoms with Crippen molar-refractivity contribution >= 4 is 5.97 Å². The highest BCUT2D eigenvalue weighted by Gasteiger charge is 2.78. The summed E-state index contributed by atoms with van der Waals surface area (Å²) in [6.45, 7) is 0.987. The molecular weight excluding hydrogens is 448 g/mol. The van der Waals surface area contributed by atoms with Crippen molar-refractivity contribution < 1.29 is 29.6 Å². The van der Waals surface area contributed by atoms with E-state index in [1.165, 1.54) is 0 Å². The lowest BCUT2D eigenvalue weighted by Gasteiger charge is -2.69. The molecule has 4 aliphatic carbocycles. The maximum absolute atomic E-state index is 12.4. The maximum Gasteiger partial charge on any atom is 0.320 e. The quantitative estimate of drug-likeness (QED) is 0.444. The van der Waals surface area contributed by atoms with Gasteiger partial charge in [-0.25, -0.2) is 0 Å². The van der Waals surface area contributed by atoms with Crippen molar-refractivity contribution in [3.05, 3.63) is 0 Å². The van der Waals surface area contributed by atoms with Crippen molar-refractivity contribution in [1.82, 2.24) is 10.2 Å². The second-order valence-electron chi connectivity index (χ2n) is 12.7. The molecule has 6 rings (SSSR count). The Balaban J connectivity index is 1.31. The van der Waals surface area contributed by atoms with Gasteiger partial charge in [0.2, 0.25) is 0 Å². The Hall–Kier alpha value is -0.770. The first-order chi connectivity index (χ1) is 16.8. The average Bonchev–Trinajstić information content (AvgIpc) is 3.20. The van der Waals surface area contributed by atoms with Gasteiger partial charge < -0.3 is 29.7 Å². The molecule has 2 aliphatic heterocycles. The van der Waals surface area contributed by atoms with Crippen LogP contribution in [0.15, 0.2) is 0 Å². The molecule has 0 aromatic rings. The number of aliphatic hydroxyl groups is 2. The fraction of sp³-hybridized carbons (Fsp3) is 0.963. The number of carboxylic acid groups (broad SMARTS) is 1. The highest BCUT2D eigenvalue weighted by Crippen LogP contribution is 2.70. The first kappa shape index (κ1) is 24.6. The summed E-state index contributed by atoms with van der Waals surface area (Å²) in [5, 5.41) is 34.7. The molecule has 2 bridgehead atoms. The number of piperidine rings is 1. The number of hydrogen-bond acceptors (Lipinski definition) is 7.